The third kappa shape index (κ3) is 6.34. The summed E-state index contributed by atoms with van der Waals surface area (Å²) in [6.45, 7) is 4.29. The molecule has 1 aromatic rings. The zero-order valence-electron chi connectivity index (χ0n) is 16.1. The second kappa shape index (κ2) is 11.0. The highest BCUT2D eigenvalue weighted by Crippen LogP contribution is 2.36. The van der Waals surface area contributed by atoms with Crippen LogP contribution in [0.15, 0.2) is 35.8 Å². The van der Waals surface area contributed by atoms with Crippen LogP contribution in [0.4, 0.5) is 0 Å². The lowest BCUT2D eigenvalue weighted by molar-refractivity contribution is 0.120. The lowest BCUT2D eigenvalue weighted by atomic mass is 9.89. The van der Waals surface area contributed by atoms with Gasteiger partial charge in [-0.3, -0.25) is 0 Å². The van der Waals surface area contributed by atoms with Gasteiger partial charge in [0, 0.05) is 17.2 Å². The fourth-order valence-electron chi connectivity index (χ4n) is 3.73. The predicted molar refractivity (Wildman–Crippen MR) is 109 cm³/mol. The minimum absolute atomic E-state index is 0.0328. The van der Waals surface area contributed by atoms with Crippen LogP contribution in [0, 0.1) is 18.8 Å². The van der Waals surface area contributed by atoms with Gasteiger partial charge in [-0.25, -0.2) is 0 Å². The quantitative estimate of drug-likeness (QED) is 0.418. The molecule has 2 rings (SSSR count). The number of unbranched alkanes of at least 4 members (excludes halogenated alkanes) is 2. The van der Waals surface area contributed by atoms with Crippen molar-refractivity contribution >= 4 is 11.3 Å². The molecule has 1 heterocycles. The van der Waals surface area contributed by atoms with Crippen LogP contribution in [0.3, 0.4) is 0 Å². The van der Waals surface area contributed by atoms with E-state index in [-0.39, 0.29) is 11.8 Å². The standard InChI is InChI=1S/C22H34O3S/c1-3-4-5-6-7-8-19-20(22(25)15-21(19)24)12-11-18(23)10-9-17-13-14-26-16(17)2/h6-7,11-14,18-25H,3-5,8-10,15H2,1-2H3/b7-6-,12-11+/t18-,19-,20-,21+,22+/m1/s1. The summed E-state index contributed by atoms with van der Waals surface area (Å²) in [6.07, 6.45) is 12.7. The lowest BCUT2D eigenvalue weighted by Gasteiger charge is -2.19. The number of allylic oxidation sites excluding steroid dienone is 2. The first kappa shape index (κ1) is 21.4. The summed E-state index contributed by atoms with van der Waals surface area (Å²) < 4.78 is 0. The van der Waals surface area contributed by atoms with E-state index in [0.29, 0.717) is 12.8 Å². The van der Waals surface area contributed by atoms with E-state index >= 15 is 0 Å². The Hall–Kier alpha value is -0.940. The van der Waals surface area contributed by atoms with Crippen LogP contribution in [0.25, 0.3) is 0 Å². The van der Waals surface area contributed by atoms with Crippen LogP contribution in [-0.4, -0.2) is 33.6 Å². The number of thiophene rings is 1. The summed E-state index contributed by atoms with van der Waals surface area (Å²) in [5, 5.41) is 32.9. The van der Waals surface area contributed by atoms with Gasteiger partial charge in [-0.2, -0.15) is 0 Å². The summed E-state index contributed by atoms with van der Waals surface area (Å²) in [7, 11) is 0. The molecule has 3 N–H and O–H groups in total. The van der Waals surface area contributed by atoms with Gasteiger partial charge in [0.2, 0.25) is 0 Å². The van der Waals surface area contributed by atoms with E-state index in [1.165, 1.54) is 23.3 Å². The number of hydrogen-bond donors (Lipinski definition) is 3. The van der Waals surface area contributed by atoms with Crippen molar-refractivity contribution in [3.05, 3.63) is 46.2 Å². The van der Waals surface area contributed by atoms with Gasteiger partial charge in [-0.1, -0.05) is 44.1 Å². The zero-order chi connectivity index (χ0) is 18.9. The first-order valence-electron chi connectivity index (χ1n) is 9.93. The van der Waals surface area contributed by atoms with Crippen molar-refractivity contribution in [2.24, 2.45) is 11.8 Å². The van der Waals surface area contributed by atoms with Crippen molar-refractivity contribution in [1.29, 1.82) is 0 Å². The smallest absolute Gasteiger partial charge is 0.0724 e. The molecule has 4 heteroatoms. The molecule has 1 saturated carbocycles. The van der Waals surface area contributed by atoms with E-state index in [2.05, 4.69) is 37.4 Å². The topological polar surface area (TPSA) is 60.7 Å². The Kier molecular flexibility index (Phi) is 9.06. The van der Waals surface area contributed by atoms with Crippen molar-refractivity contribution in [1.82, 2.24) is 0 Å². The Labute approximate surface area is 162 Å². The molecule has 1 aliphatic rings. The molecule has 0 radical (unpaired) electrons. The van der Waals surface area contributed by atoms with Crippen molar-refractivity contribution in [3.63, 3.8) is 0 Å². The number of aliphatic hydroxyl groups is 3. The molecular weight excluding hydrogens is 344 g/mol. The Morgan fingerprint density at radius 3 is 2.77 bits per heavy atom. The highest BCUT2D eigenvalue weighted by atomic mass is 32.1. The van der Waals surface area contributed by atoms with Crippen LogP contribution in [-0.2, 0) is 6.42 Å². The molecule has 146 valence electrons. The highest BCUT2D eigenvalue weighted by Gasteiger charge is 2.39. The molecule has 0 spiro atoms. The molecule has 0 unspecified atom stereocenters. The van der Waals surface area contributed by atoms with Gasteiger partial charge in [0.1, 0.15) is 0 Å². The van der Waals surface area contributed by atoms with Crippen LogP contribution in [0.2, 0.25) is 0 Å². The SMILES string of the molecule is CCCC/C=C\C[C@@H]1[C@@H](/C=C/[C@H](O)CCc2ccsc2C)[C@@H](O)C[C@@H]1O. The van der Waals surface area contributed by atoms with Crippen molar-refractivity contribution in [2.45, 2.75) is 77.1 Å². The van der Waals surface area contributed by atoms with E-state index in [9.17, 15) is 15.3 Å². The molecule has 1 aromatic heterocycles. The summed E-state index contributed by atoms with van der Waals surface area (Å²) >= 11 is 1.74. The second-order valence-corrected chi connectivity index (χ2v) is 8.57. The second-order valence-electron chi connectivity index (χ2n) is 7.45. The average molecular weight is 379 g/mol. The Balaban J connectivity index is 1.86. The summed E-state index contributed by atoms with van der Waals surface area (Å²) in [5.74, 6) is -0.0520. The zero-order valence-corrected chi connectivity index (χ0v) is 16.9. The van der Waals surface area contributed by atoms with Gasteiger partial charge in [-0.05, 0) is 55.5 Å². The molecule has 0 aliphatic heterocycles. The van der Waals surface area contributed by atoms with E-state index in [0.717, 1.165) is 19.3 Å². The molecule has 3 nitrogen and oxygen atoms in total. The maximum Gasteiger partial charge on any atom is 0.0724 e. The number of hydrogen-bond acceptors (Lipinski definition) is 4. The molecule has 0 bridgehead atoms. The van der Waals surface area contributed by atoms with Gasteiger partial charge >= 0.3 is 0 Å². The Morgan fingerprint density at radius 1 is 1.27 bits per heavy atom. The van der Waals surface area contributed by atoms with Crippen LogP contribution >= 0.6 is 11.3 Å². The van der Waals surface area contributed by atoms with Crippen LogP contribution in [0.5, 0.6) is 0 Å². The summed E-state index contributed by atoms with van der Waals surface area (Å²) in [6, 6.07) is 2.12. The summed E-state index contributed by atoms with van der Waals surface area (Å²) in [5.41, 5.74) is 1.30. The van der Waals surface area contributed by atoms with E-state index in [1.807, 2.05) is 6.08 Å². The molecule has 5 atom stereocenters. The minimum atomic E-state index is -0.526. The van der Waals surface area contributed by atoms with Crippen molar-refractivity contribution in [3.8, 4) is 0 Å². The minimum Gasteiger partial charge on any atom is -0.393 e. The molecule has 1 fully saturated rings. The first-order valence-corrected chi connectivity index (χ1v) is 10.8. The fraction of sp³-hybridized carbons (Fsp3) is 0.636. The van der Waals surface area contributed by atoms with Gasteiger partial charge in [0.25, 0.3) is 0 Å². The largest absolute Gasteiger partial charge is 0.393 e. The third-order valence-corrected chi connectivity index (χ3v) is 6.33. The average Bonchev–Trinajstić information content (AvgIpc) is 3.13. The molecule has 26 heavy (non-hydrogen) atoms. The number of rotatable bonds is 10. The fourth-order valence-corrected chi connectivity index (χ4v) is 4.48. The molecule has 0 amide bonds. The Bertz CT molecular complexity index is 578. The molecule has 0 aromatic carbocycles. The van der Waals surface area contributed by atoms with Gasteiger partial charge in [0.05, 0.1) is 18.3 Å². The third-order valence-electron chi connectivity index (χ3n) is 5.45. The van der Waals surface area contributed by atoms with Gasteiger partial charge < -0.3 is 15.3 Å². The molecular formula is C22H34O3S. The highest BCUT2D eigenvalue weighted by molar-refractivity contribution is 7.10. The molecule has 0 saturated heterocycles. The normalized spacial score (nSPS) is 27.7. The summed E-state index contributed by atoms with van der Waals surface area (Å²) in [4.78, 5) is 1.31. The monoisotopic (exact) mass is 378 g/mol. The van der Waals surface area contributed by atoms with Crippen molar-refractivity contribution < 1.29 is 15.3 Å². The number of aryl methyl sites for hydroxylation is 2. The van der Waals surface area contributed by atoms with Crippen molar-refractivity contribution in [2.75, 3.05) is 0 Å². The van der Waals surface area contributed by atoms with Gasteiger partial charge in [0.15, 0.2) is 0 Å². The Morgan fingerprint density at radius 2 is 2.08 bits per heavy atom. The first-order chi connectivity index (χ1) is 12.5. The van der Waals surface area contributed by atoms with E-state index < -0.39 is 18.3 Å². The van der Waals surface area contributed by atoms with E-state index in [1.54, 1.807) is 17.4 Å². The molecule has 1 aliphatic carbocycles. The lowest BCUT2D eigenvalue weighted by Crippen LogP contribution is -2.20. The van der Waals surface area contributed by atoms with Crippen LogP contribution in [0.1, 0.15) is 55.9 Å². The van der Waals surface area contributed by atoms with E-state index in [4.69, 9.17) is 0 Å². The number of aliphatic hydroxyl groups excluding tert-OH is 3. The maximum atomic E-state index is 10.3. The van der Waals surface area contributed by atoms with Gasteiger partial charge in [-0.15, -0.1) is 11.3 Å². The predicted octanol–water partition coefficient (Wildman–Crippen LogP) is 4.40. The van der Waals surface area contributed by atoms with Crippen LogP contribution < -0.4 is 0 Å². The maximum absolute atomic E-state index is 10.3.